The molecule has 1 fully saturated rings. The van der Waals surface area contributed by atoms with Crippen LogP contribution in [-0.4, -0.2) is 50.0 Å². The second-order valence-electron chi connectivity index (χ2n) is 4.93. The van der Waals surface area contributed by atoms with Gasteiger partial charge in [-0.3, -0.25) is 4.79 Å². The number of aliphatic hydroxyl groups is 1. The molecule has 2 atom stereocenters. The molecular weight excluding hydrogens is 232 g/mol. The van der Waals surface area contributed by atoms with Crippen LogP contribution < -0.4 is 10.6 Å². The van der Waals surface area contributed by atoms with Gasteiger partial charge in [-0.25, -0.2) is 0 Å². The zero-order valence-electron chi connectivity index (χ0n) is 11.3. The molecule has 1 aliphatic rings. The van der Waals surface area contributed by atoms with Crippen LogP contribution in [0.2, 0.25) is 0 Å². The fourth-order valence-corrected chi connectivity index (χ4v) is 2.22. The van der Waals surface area contributed by atoms with Gasteiger partial charge in [0.05, 0.1) is 12.7 Å². The van der Waals surface area contributed by atoms with Crippen molar-refractivity contribution < 1.29 is 14.6 Å². The smallest absolute Gasteiger partial charge is 0.220 e. The van der Waals surface area contributed by atoms with Crippen molar-refractivity contribution in [1.82, 2.24) is 10.6 Å². The van der Waals surface area contributed by atoms with E-state index >= 15 is 0 Å². The number of piperidine rings is 1. The van der Waals surface area contributed by atoms with E-state index in [1.807, 2.05) is 0 Å². The molecule has 1 rings (SSSR count). The zero-order chi connectivity index (χ0) is 13.2. The molecule has 1 aliphatic heterocycles. The summed E-state index contributed by atoms with van der Waals surface area (Å²) in [7, 11) is 1.55. The van der Waals surface area contributed by atoms with Crippen LogP contribution >= 0.6 is 0 Å². The number of ether oxygens (including phenoxy) is 1. The molecule has 0 radical (unpaired) electrons. The molecule has 1 saturated heterocycles. The molecule has 0 bridgehead atoms. The minimum absolute atomic E-state index is 0.0759. The van der Waals surface area contributed by atoms with E-state index in [0.717, 1.165) is 13.0 Å². The van der Waals surface area contributed by atoms with Gasteiger partial charge in [0.15, 0.2) is 0 Å². The van der Waals surface area contributed by atoms with Crippen LogP contribution in [0.3, 0.4) is 0 Å². The Balaban J connectivity index is 1.99. The van der Waals surface area contributed by atoms with Crippen molar-refractivity contribution in [3.63, 3.8) is 0 Å². The Morgan fingerprint density at radius 3 is 3.06 bits per heavy atom. The van der Waals surface area contributed by atoms with Gasteiger partial charge in [-0.15, -0.1) is 0 Å². The number of hydrogen-bond donors (Lipinski definition) is 3. The molecule has 0 spiro atoms. The standard InChI is InChI=1S/C13H26N2O3/c1-18-10-12(16)7-9-15-13(17)6-5-11-4-2-3-8-14-11/h11-12,14,16H,2-10H2,1H3,(H,15,17). The third-order valence-electron chi connectivity index (χ3n) is 3.29. The summed E-state index contributed by atoms with van der Waals surface area (Å²) in [4.78, 5) is 11.6. The molecule has 0 aliphatic carbocycles. The molecule has 18 heavy (non-hydrogen) atoms. The monoisotopic (exact) mass is 258 g/mol. The van der Waals surface area contributed by atoms with Gasteiger partial charge >= 0.3 is 0 Å². The number of aliphatic hydroxyl groups excluding tert-OH is 1. The fraction of sp³-hybridized carbons (Fsp3) is 0.923. The summed E-state index contributed by atoms with van der Waals surface area (Å²) in [5.74, 6) is 0.0759. The van der Waals surface area contributed by atoms with Crippen molar-refractivity contribution in [2.75, 3.05) is 26.8 Å². The third kappa shape index (κ3) is 6.93. The SMILES string of the molecule is COCC(O)CCNC(=O)CCC1CCCCN1. The fourth-order valence-electron chi connectivity index (χ4n) is 2.22. The lowest BCUT2D eigenvalue weighted by molar-refractivity contribution is -0.121. The van der Waals surface area contributed by atoms with Gasteiger partial charge in [0.25, 0.3) is 0 Å². The molecule has 0 aromatic heterocycles. The van der Waals surface area contributed by atoms with Crippen LogP contribution in [0.1, 0.15) is 38.5 Å². The molecule has 0 aromatic rings. The van der Waals surface area contributed by atoms with Crippen LogP contribution in [-0.2, 0) is 9.53 Å². The van der Waals surface area contributed by atoms with Gasteiger partial charge < -0.3 is 20.5 Å². The number of nitrogens with one attached hydrogen (secondary N) is 2. The topological polar surface area (TPSA) is 70.6 Å². The third-order valence-corrected chi connectivity index (χ3v) is 3.29. The van der Waals surface area contributed by atoms with E-state index in [2.05, 4.69) is 10.6 Å². The van der Waals surface area contributed by atoms with Gasteiger partial charge in [-0.05, 0) is 32.2 Å². The Labute approximate surface area is 109 Å². The van der Waals surface area contributed by atoms with E-state index in [4.69, 9.17) is 4.74 Å². The van der Waals surface area contributed by atoms with Gasteiger partial charge in [0.2, 0.25) is 5.91 Å². The highest BCUT2D eigenvalue weighted by Crippen LogP contribution is 2.11. The molecule has 1 amide bonds. The quantitative estimate of drug-likeness (QED) is 0.590. The van der Waals surface area contributed by atoms with Crippen LogP contribution in [0.25, 0.3) is 0 Å². The lowest BCUT2D eigenvalue weighted by Crippen LogP contribution is -2.35. The van der Waals surface area contributed by atoms with E-state index < -0.39 is 6.10 Å². The zero-order valence-corrected chi connectivity index (χ0v) is 11.3. The summed E-state index contributed by atoms with van der Waals surface area (Å²) < 4.78 is 4.82. The average molecular weight is 258 g/mol. The number of amides is 1. The second kappa shape index (κ2) is 9.30. The van der Waals surface area contributed by atoms with Crippen molar-refractivity contribution in [2.45, 2.75) is 50.7 Å². The van der Waals surface area contributed by atoms with Crippen molar-refractivity contribution in [3.05, 3.63) is 0 Å². The summed E-state index contributed by atoms with van der Waals surface area (Å²) in [6.07, 6.45) is 5.23. The van der Waals surface area contributed by atoms with Crippen LogP contribution in [0, 0.1) is 0 Å². The number of rotatable bonds is 8. The number of methoxy groups -OCH3 is 1. The Morgan fingerprint density at radius 1 is 1.56 bits per heavy atom. The molecule has 5 heteroatoms. The summed E-state index contributed by atoms with van der Waals surface area (Å²) in [6.45, 7) is 1.92. The van der Waals surface area contributed by atoms with E-state index in [0.29, 0.717) is 32.0 Å². The molecule has 5 nitrogen and oxygen atoms in total. The van der Waals surface area contributed by atoms with Crippen LogP contribution in [0.4, 0.5) is 0 Å². The summed E-state index contributed by atoms with van der Waals surface area (Å²) in [5, 5.41) is 15.7. The molecule has 106 valence electrons. The van der Waals surface area contributed by atoms with E-state index in [1.165, 1.54) is 19.3 Å². The average Bonchev–Trinajstić information content (AvgIpc) is 2.38. The van der Waals surface area contributed by atoms with Crippen molar-refractivity contribution in [3.8, 4) is 0 Å². The summed E-state index contributed by atoms with van der Waals surface area (Å²) in [6, 6.07) is 0.503. The summed E-state index contributed by atoms with van der Waals surface area (Å²) in [5.41, 5.74) is 0. The Morgan fingerprint density at radius 2 is 2.39 bits per heavy atom. The van der Waals surface area contributed by atoms with Gasteiger partial charge in [-0.1, -0.05) is 6.42 Å². The van der Waals surface area contributed by atoms with Gasteiger partial charge in [0, 0.05) is 26.1 Å². The molecule has 0 aromatic carbocycles. The normalized spacial score (nSPS) is 21.6. The van der Waals surface area contributed by atoms with E-state index in [9.17, 15) is 9.90 Å². The number of carbonyl (C=O) groups excluding carboxylic acids is 1. The Bertz CT molecular complexity index is 230. The minimum atomic E-state index is -0.490. The molecular formula is C13H26N2O3. The highest BCUT2D eigenvalue weighted by Gasteiger charge is 2.13. The van der Waals surface area contributed by atoms with Gasteiger partial charge in [-0.2, -0.15) is 0 Å². The predicted molar refractivity (Wildman–Crippen MR) is 70.4 cm³/mol. The van der Waals surface area contributed by atoms with Crippen molar-refractivity contribution in [2.24, 2.45) is 0 Å². The highest BCUT2D eigenvalue weighted by atomic mass is 16.5. The Hall–Kier alpha value is -0.650. The van der Waals surface area contributed by atoms with Crippen LogP contribution in [0.5, 0.6) is 0 Å². The maximum atomic E-state index is 11.6. The van der Waals surface area contributed by atoms with E-state index in [1.54, 1.807) is 7.11 Å². The molecule has 1 heterocycles. The molecule has 2 unspecified atom stereocenters. The minimum Gasteiger partial charge on any atom is -0.391 e. The van der Waals surface area contributed by atoms with Crippen molar-refractivity contribution in [1.29, 1.82) is 0 Å². The van der Waals surface area contributed by atoms with Crippen LogP contribution in [0.15, 0.2) is 0 Å². The number of carbonyl (C=O) groups is 1. The lowest BCUT2D eigenvalue weighted by Gasteiger charge is -2.23. The summed E-state index contributed by atoms with van der Waals surface area (Å²) >= 11 is 0. The largest absolute Gasteiger partial charge is 0.391 e. The first kappa shape index (κ1) is 15.4. The first-order chi connectivity index (χ1) is 8.72. The van der Waals surface area contributed by atoms with Gasteiger partial charge in [0.1, 0.15) is 0 Å². The second-order valence-corrected chi connectivity index (χ2v) is 4.93. The van der Waals surface area contributed by atoms with E-state index in [-0.39, 0.29) is 5.91 Å². The lowest BCUT2D eigenvalue weighted by atomic mass is 10.0. The van der Waals surface area contributed by atoms with Crippen molar-refractivity contribution >= 4 is 5.91 Å². The predicted octanol–water partition coefficient (Wildman–Crippen LogP) is 0.422. The number of hydrogen-bond acceptors (Lipinski definition) is 4. The highest BCUT2D eigenvalue weighted by molar-refractivity contribution is 5.75. The maximum Gasteiger partial charge on any atom is 0.220 e. The first-order valence-corrected chi connectivity index (χ1v) is 6.89. The maximum absolute atomic E-state index is 11.6. The first-order valence-electron chi connectivity index (χ1n) is 6.89. The molecule has 3 N–H and O–H groups in total. The molecule has 0 saturated carbocycles. The Kier molecular flexibility index (Phi) is 7.96.